The summed E-state index contributed by atoms with van der Waals surface area (Å²) in [6.07, 6.45) is 0. The fraction of sp³-hybridized carbons (Fsp3) is 0.316. The maximum Gasteiger partial charge on any atom is 0.414 e. The molecule has 1 fully saturated rings. The third-order valence-electron chi connectivity index (χ3n) is 4.58. The minimum Gasteiger partial charge on any atom is -0.508 e. The van der Waals surface area contributed by atoms with Crippen molar-refractivity contribution in [3.8, 4) is 5.75 Å². The Morgan fingerprint density at radius 2 is 1.89 bits per heavy atom. The summed E-state index contributed by atoms with van der Waals surface area (Å²) in [5, 5.41) is 13.8. The Balaban J connectivity index is 1.95. The molecule has 2 N–H and O–H groups in total. The molecule has 1 atom stereocenters. The van der Waals surface area contributed by atoms with Gasteiger partial charge in [0.25, 0.3) is 5.91 Å². The smallest absolute Gasteiger partial charge is 0.414 e. The number of urea groups is 1. The molecule has 1 aromatic rings. The molecule has 0 saturated carbocycles. The van der Waals surface area contributed by atoms with Gasteiger partial charge in [-0.3, -0.25) is 14.6 Å². The van der Waals surface area contributed by atoms with E-state index in [1.54, 1.807) is 35.9 Å². The number of hydrogen-bond acceptors (Lipinski definition) is 6. The van der Waals surface area contributed by atoms with Crippen molar-refractivity contribution in [3.05, 3.63) is 42.0 Å². The summed E-state index contributed by atoms with van der Waals surface area (Å²) >= 11 is 0. The number of hydrogen-bond donors (Lipinski definition) is 2. The summed E-state index contributed by atoms with van der Waals surface area (Å²) in [5.41, 5.74) is 5.24. The van der Waals surface area contributed by atoms with Gasteiger partial charge in [0.05, 0.1) is 12.3 Å². The first kappa shape index (κ1) is 19.3. The number of likely N-dealkylation sites (N-methyl/N-ethyl adjacent to an activating group) is 2. The van der Waals surface area contributed by atoms with E-state index in [-0.39, 0.29) is 11.7 Å². The second kappa shape index (κ2) is 7.26. The highest BCUT2D eigenvalue weighted by Gasteiger charge is 2.51. The standard InChI is InChI=1S/C19H22N6O3/c1-11(2)10-25-15-16(23(4)19(28)24(5)17(15)27)20-18(25)22-21-12(3)13-6-8-14(26)9-7-13/h6-9,15H,1,10H2,2-5H3,(H,21,26)/p+1. The van der Waals surface area contributed by atoms with Gasteiger partial charge in [0.15, 0.2) is 0 Å². The van der Waals surface area contributed by atoms with Crippen LogP contribution in [-0.2, 0) is 4.79 Å². The number of guanidine groups is 1. The SMILES string of the molecule is C=C(C)C[N+]1=C(N/N=C(\C)c2ccc(O)cc2)N=C2C1C(=O)N(C)C(=O)N2C. The van der Waals surface area contributed by atoms with Crippen LogP contribution in [-0.4, -0.2) is 75.6 Å². The minimum atomic E-state index is -0.712. The Hall–Kier alpha value is -3.49. The maximum absolute atomic E-state index is 12.7. The molecule has 0 aromatic heterocycles. The first-order valence-corrected chi connectivity index (χ1v) is 8.72. The number of phenolic OH excluding ortho intramolecular Hbond substituents is 1. The lowest BCUT2D eigenvalue weighted by atomic mass is 10.1. The third kappa shape index (κ3) is 3.38. The third-order valence-corrected chi connectivity index (χ3v) is 4.58. The van der Waals surface area contributed by atoms with E-state index in [0.717, 1.165) is 16.0 Å². The highest BCUT2D eigenvalue weighted by atomic mass is 16.3. The molecule has 1 unspecified atom stereocenters. The number of carbonyl (C=O) groups is 2. The number of phenols is 1. The van der Waals surface area contributed by atoms with E-state index in [1.807, 2.05) is 13.8 Å². The van der Waals surface area contributed by atoms with Crippen molar-refractivity contribution in [2.45, 2.75) is 19.9 Å². The average molecular weight is 383 g/mol. The van der Waals surface area contributed by atoms with Gasteiger partial charge in [-0.25, -0.2) is 9.37 Å². The van der Waals surface area contributed by atoms with E-state index in [9.17, 15) is 14.7 Å². The van der Waals surface area contributed by atoms with Gasteiger partial charge in [-0.2, -0.15) is 5.43 Å². The Kier molecular flexibility index (Phi) is 5.00. The van der Waals surface area contributed by atoms with Crippen LogP contribution in [0, 0.1) is 0 Å². The highest BCUT2D eigenvalue weighted by molar-refractivity contribution is 6.22. The number of amidine groups is 1. The molecule has 0 aliphatic carbocycles. The molecule has 28 heavy (non-hydrogen) atoms. The molecule has 0 spiro atoms. The lowest BCUT2D eigenvalue weighted by molar-refractivity contribution is -0.529. The van der Waals surface area contributed by atoms with Gasteiger partial charge in [0.1, 0.15) is 5.75 Å². The highest BCUT2D eigenvalue weighted by Crippen LogP contribution is 2.19. The molecule has 2 aliphatic heterocycles. The van der Waals surface area contributed by atoms with Crippen LogP contribution in [0.15, 0.2) is 46.5 Å². The Labute approximate surface area is 163 Å². The van der Waals surface area contributed by atoms with Crippen molar-refractivity contribution < 1.29 is 19.3 Å². The molecule has 9 nitrogen and oxygen atoms in total. The number of benzene rings is 1. The van der Waals surface area contributed by atoms with Crippen LogP contribution in [0.2, 0.25) is 0 Å². The van der Waals surface area contributed by atoms with E-state index in [0.29, 0.717) is 24.1 Å². The zero-order valence-corrected chi connectivity index (χ0v) is 16.3. The molecule has 2 heterocycles. The molecule has 0 radical (unpaired) electrons. The molecule has 3 amide bonds. The van der Waals surface area contributed by atoms with Crippen molar-refractivity contribution >= 4 is 29.4 Å². The molecule has 146 valence electrons. The van der Waals surface area contributed by atoms with Crippen LogP contribution in [0.1, 0.15) is 19.4 Å². The summed E-state index contributed by atoms with van der Waals surface area (Å²) < 4.78 is 1.74. The van der Waals surface area contributed by atoms with E-state index in [2.05, 4.69) is 22.1 Å². The number of carbonyl (C=O) groups excluding carboxylic acids is 2. The number of aliphatic imine (C=N–C) groups is 1. The monoisotopic (exact) mass is 383 g/mol. The average Bonchev–Trinajstić information content (AvgIpc) is 3.01. The fourth-order valence-electron chi connectivity index (χ4n) is 3.05. The number of imide groups is 1. The van der Waals surface area contributed by atoms with Gasteiger partial charge in [0.2, 0.25) is 11.9 Å². The first-order valence-electron chi connectivity index (χ1n) is 8.72. The number of hydrazone groups is 1. The summed E-state index contributed by atoms with van der Waals surface area (Å²) in [7, 11) is 3.04. The van der Waals surface area contributed by atoms with Crippen molar-refractivity contribution in [3.63, 3.8) is 0 Å². The molecular weight excluding hydrogens is 360 g/mol. The van der Waals surface area contributed by atoms with E-state index in [4.69, 9.17) is 0 Å². The quantitative estimate of drug-likeness (QED) is 0.350. The van der Waals surface area contributed by atoms with Gasteiger partial charge in [0, 0.05) is 14.1 Å². The lowest BCUT2D eigenvalue weighted by Crippen LogP contribution is -2.61. The van der Waals surface area contributed by atoms with Crippen LogP contribution in [0.3, 0.4) is 0 Å². The molecule has 3 rings (SSSR count). The van der Waals surface area contributed by atoms with Gasteiger partial charge >= 0.3 is 12.0 Å². The van der Waals surface area contributed by atoms with Crippen LogP contribution < -0.4 is 5.43 Å². The van der Waals surface area contributed by atoms with E-state index < -0.39 is 12.1 Å². The zero-order chi connectivity index (χ0) is 20.6. The van der Waals surface area contributed by atoms with Crippen LogP contribution in [0.5, 0.6) is 5.75 Å². The zero-order valence-electron chi connectivity index (χ0n) is 16.3. The summed E-state index contributed by atoms with van der Waals surface area (Å²) in [6, 6.07) is 5.51. The van der Waals surface area contributed by atoms with Crippen LogP contribution in [0.4, 0.5) is 4.79 Å². The molecule has 2 aliphatic rings. The van der Waals surface area contributed by atoms with Crippen molar-refractivity contribution in [1.29, 1.82) is 0 Å². The number of aromatic hydroxyl groups is 1. The van der Waals surface area contributed by atoms with Crippen LogP contribution >= 0.6 is 0 Å². The summed E-state index contributed by atoms with van der Waals surface area (Å²) in [6.45, 7) is 7.97. The second-order valence-electron chi connectivity index (χ2n) is 6.88. The number of nitrogens with zero attached hydrogens (tertiary/aromatic N) is 5. The van der Waals surface area contributed by atoms with Crippen molar-refractivity contribution in [2.24, 2.45) is 10.1 Å². The summed E-state index contributed by atoms with van der Waals surface area (Å²) in [5.74, 6) is 0.547. The van der Waals surface area contributed by atoms with E-state index >= 15 is 0 Å². The molecule has 1 saturated heterocycles. The predicted octanol–water partition coefficient (Wildman–Crippen LogP) is 0.955. The van der Waals surface area contributed by atoms with Gasteiger partial charge in [-0.05, 0) is 49.2 Å². The van der Waals surface area contributed by atoms with E-state index in [1.165, 1.54) is 11.9 Å². The van der Waals surface area contributed by atoms with Crippen LogP contribution in [0.25, 0.3) is 0 Å². The molecular formula is C19H23N6O3+. The Bertz CT molecular complexity index is 945. The van der Waals surface area contributed by atoms with Gasteiger partial charge in [-0.15, -0.1) is 5.10 Å². The molecule has 0 bridgehead atoms. The number of nitrogens with one attached hydrogen (secondary N) is 1. The predicted molar refractivity (Wildman–Crippen MR) is 106 cm³/mol. The molecule has 9 heteroatoms. The first-order chi connectivity index (χ1) is 13.2. The van der Waals surface area contributed by atoms with Gasteiger partial charge in [-0.1, -0.05) is 11.6 Å². The number of rotatable bonds is 4. The lowest BCUT2D eigenvalue weighted by Gasteiger charge is -2.31. The Morgan fingerprint density at radius 1 is 1.25 bits per heavy atom. The Morgan fingerprint density at radius 3 is 2.50 bits per heavy atom. The topological polar surface area (TPSA) is 101 Å². The summed E-state index contributed by atoms with van der Waals surface area (Å²) in [4.78, 5) is 31.9. The maximum atomic E-state index is 12.7. The van der Waals surface area contributed by atoms with Crippen molar-refractivity contribution in [1.82, 2.24) is 15.2 Å². The number of fused-ring (bicyclic) bond motifs is 1. The minimum absolute atomic E-state index is 0.174. The molecule has 1 aromatic carbocycles. The van der Waals surface area contributed by atoms with Gasteiger partial charge < -0.3 is 5.11 Å². The fourth-order valence-corrected chi connectivity index (χ4v) is 3.05. The number of amides is 3. The second-order valence-corrected chi connectivity index (χ2v) is 6.88. The largest absolute Gasteiger partial charge is 0.508 e. The van der Waals surface area contributed by atoms with Crippen molar-refractivity contribution in [2.75, 3.05) is 20.6 Å². The normalized spacial score (nSPS) is 19.8.